The molecule has 2 N–H and O–H groups in total. The molecule has 1 rings (SSSR count). The second kappa shape index (κ2) is 5.29. The molecule has 0 bridgehead atoms. The van der Waals surface area contributed by atoms with Crippen molar-refractivity contribution in [1.29, 1.82) is 0 Å². The van der Waals surface area contributed by atoms with Crippen LogP contribution in [0.25, 0.3) is 0 Å². The first kappa shape index (κ1) is 13.0. The molecule has 0 aliphatic heterocycles. The summed E-state index contributed by atoms with van der Waals surface area (Å²) in [6.45, 7) is 2.27. The topological polar surface area (TPSA) is 69.6 Å². The van der Waals surface area contributed by atoms with Gasteiger partial charge in [0.15, 0.2) is 0 Å². The minimum atomic E-state index is -1.22. The van der Waals surface area contributed by atoms with E-state index in [2.05, 4.69) is 5.32 Å². The predicted octanol–water partition coefficient (Wildman–Crippen LogP) is 2.01. The highest BCUT2D eigenvalue weighted by molar-refractivity contribution is 5.91. The van der Waals surface area contributed by atoms with E-state index in [-0.39, 0.29) is 11.3 Å². The Hall–Kier alpha value is -2.11. The molecule has 0 aliphatic rings. The van der Waals surface area contributed by atoms with Crippen molar-refractivity contribution < 1.29 is 19.1 Å². The molecule has 0 saturated heterocycles. The lowest BCUT2D eigenvalue weighted by atomic mass is 10.2. The van der Waals surface area contributed by atoms with Crippen LogP contribution in [0, 0.1) is 5.82 Å². The Kier molecular flexibility index (Phi) is 4.03. The van der Waals surface area contributed by atoms with E-state index in [9.17, 15) is 14.0 Å². The van der Waals surface area contributed by atoms with E-state index in [1.54, 1.807) is 14.0 Å². The number of halogens is 1. The predicted molar refractivity (Wildman–Crippen MR) is 60.7 cm³/mol. The van der Waals surface area contributed by atoms with Crippen molar-refractivity contribution in [1.82, 2.24) is 4.90 Å². The second-order valence-corrected chi connectivity index (χ2v) is 3.44. The number of amides is 2. The number of anilines is 1. The molecule has 0 unspecified atom stereocenters. The maximum atomic E-state index is 13.4. The summed E-state index contributed by atoms with van der Waals surface area (Å²) >= 11 is 0. The summed E-state index contributed by atoms with van der Waals surface area (Å²) in [5.74, 6) is -1.99. The van der Waals surface area contributed by atoms with E-state index in [0.717, 1.165) is 6.07 Å². The van der Waals surface area contributed by atoms with Crippen molar-refractivity contribution >= 4 is 17.7 Å². The van der Waals surface area contributed by atoms with Gasteiger partial charge in [0.1, 0.15) is 5.82 Å². The third kappa shape index (κ3) is 3.17. The van der Waals surface area contributed by atoms with Gasteiger partial charge in [-0.3, -0.25) is 0 Å². The van der Waals surface area contributed by atoms with Gasteiger partial charge in [0.2, 0.25) is 0 Å². The highest BCUT2D eigenvalue weighted by Crippen LogP contribution is 2.16. The summed E-state index contributed by atoms with van der Waals surface area (Å²) in [7, 11) is 1.57. The number of nitrogens with zero attached hydrogens (tertiary/aromatic N) is 1. The van der Waals surface area contributed by atoms with E-state index in [0.29, 0.717) is 6.54 Å². The first-order chi connectivity index (χ1) is 7.95. The van der Waals surface area contributed by atoms with Crippen LogP contribution in [0.15, 0.2) is 18.2 Å². The zero-order chi connectivity index (χ0) is 13.0. The fourth-order valence-corrected chi connectivity index (χ4v) is 1.10. The first-order valence-corrected chi connectivity index (χ1v) is 5.00. The molecule has 0 spiro atoms. The monoisotopic (exact) mass is 240 g/mol. The Morgan fingerprint density at radius 2 is 2.12 bits per heavy atom. The molecule has 0 aromatic heterocycles. The number of carbonyl (C=O) groups is 2. The minimum Gasteiger partial charge on any atom is -0.478 e. The molecule has 6 heteroatoms. The number of rotatable bonds is 3. The summed E-state index contributed by atoms with van der Waals surface area (Å²) in [4.78, 5) is 23.4. The van der Waals surface area contributed by atoms with Crippen LogP contribution in [0.1, 0.15) is 17.3 Å². The fraction of sp³-hybridized carbons (Fsp3) is 0.273. The van der Waals surface area contributed by atoms with E-state index < -0.39 is 17.8 Å². The van der Waals surface area contributed by atoms with E-state index in [1.165, 1.54) is 17.0 Å². The minimum absolute atomic E-state index is 0.0414. The Bertz CT molecular complexity index is 448. The fourth-order valence-electron chi connectivity index (χ4n) is 1.10. The molecule has 2 amide bonds. The molecular formula is C11H13FN2O3. The number of hydrogen-bond acceptors (Lipinski definition) is 2. The largest absolute Gasteiger partial charge is 0.478 e. The average molecular weight is 240 g/mol. The van der Waals surface area contributed by atoms with Crippen molar-refractivity contribution in [3.63, 3.8) is 0 Å². The summed E-state index contributed by atoms with van der Waals surface area (Å²) in [6, 6.07) is 2.87. The Morgan fingerprint density at radius 3 is 2.59 bits per heavy atom. The van der Waals surface area contributed by atoms with Gasteiger partial charge in [-0.1, -0.05) is 0 Å². The highest BCUT2D eigenvalue weighted by atomic mass is 19.1. The lowest BCUT2D eigenvalue weighted by Gasteiger charge is -2.15. The SMILES string of the molecule is CCN(C)C(=O)Nc1ccc(C(=O)O)cc1F. The average Bonchev–Trinajstić information content (AvgIpc) is 2.30. The first-order valence-electron chi connectivity index (χ1n) is 5.00. The molecule has 0 aliphatic carbocycles. The van der Waals surface area contributed by atoms with E-state index >= 15 is 0 Å². The number of benzene rings is 1. The highest BCUT2D eigenvalue weighted by Gasteiger charge is 2.12. The summed E-state index contributed by atoms with van der Waals surface area (Å²) in [5, 5.41) is 11.0. The third-order valence-corrected chi connectivity index (χ3v) is 2.28. The molecule has 0 fully saturated rings. The number of urea groups is 1. The molecule has 1 aromatic carbocycles. The van der Waals surface area contributed by atoms with Crippen molar-refractivity contribution in [2.24, 2.45) is 0 Å². The van der Waals surface area contributed by atoms with Crippen molar-refractivity contribution in [2.75, 3.05) is 18.9 Å². The maximum Gasteiger partial charge on any atom is 0.335 e. The molecule has 0 radical (unpaired) electrons. The zero-order valence-electron chi connectivity index (χ0n) is 9.53. The lowest BCUT2D eigenvalue weighted by molar-refractivity contribution is 0.0696. The van der Waals surface area contributed by atoms with E-state index in [1.807, 2.05) is 0 Å². The third-order valence-electron chi connectivity index (χ3n) is 2.28. The lowest BCUT2D eigenvalue weighted by Crippen LogP contribution is -2.31. The molecule has 17 heavy (non-hydrogen) atoms. The van der Waals surface area contributed by atoms with Gasteiger partial charge in [0.05, 0.1) is 11.3 Å². The van der Waals surface area contributed by atoms with Crippen LogP contribution >= 0.6 is 0 Å². The van der Waals surface area contributed by atoms with Crippen molar-refractivity contribution in [3.8, 4) is 0 Å². The Morgan fingerprint density at radius 1 is 1.47 bits per heavy atom. The molecule has 0 saturated carbocycles. The number of carboxylic acid groups (broad SMARTS) is 1. The van der Waals surface area contributed by atoms with Gasteiger partial charge in [0.25, 0.3) is 0 Å². The van der Waals surface area contributed by atoms with Crippen LogP contribution in [0.4, 0.5) is 14.9 Å². The van der Waals surface area contributed by atoms with Crippen molar-refractivity contribution in [3.05, 3.63) is 29.6 Å². The number of carboxylic acids is 1. The van der Waals surface area contributed by atoms with Gasteiger partial charge in [-0.25, -0.2) is 14.0 Å². The van der Waals surface area contributed by atoms with Gasteiger partial charge >= 0.3 is 12.0 Å². The Labute approximate surface area is 97.8 Å². The van der Waals surface area contributed by atoms with Crippen LogP contribution in [-0.2, 0) is 0 Å². The molecule has 0 atom stereocenters. The van der Waals surface area contributed by atoms with E-state index in [4.69, 9.17) is 5.11 Å². The van der Waals surface area contributed by atoms with Gasteiger partial charge in [-0.05, 0) is 25.1 Å². The van der Waals surface area contributed by atoms with Gasteiger partial charge in [0, 0.05) is 13.6 Å². The van der Waals surface area contributed by atoms with Crippen molar-refractivity contribution in [2.45, 2.75) is 6.92 Å². The molecule has 5 nitrogen and oxygen atoms in total. The van der Waals surface area contributed by atoms with Gasteiger partial charge in [-0.2, -0.15) is 0 Å². The normalized spacial score (nSPS) is 9.82. The van der Waals surface area contributed by atoms with Crippen LogP contribution < -0.4 is 5.32 Å². The summed E-state index contributed by atoms with van der Waals surface area (Å²) < 4.78 is 13.4. The summed E-state index contributed by atoms with van der Waals surface area (Å²) in [6.07, 6.45) is 0. The number of nitrogens with one attached hydrogen (secondary N) is 1. The standard InChI is InChI=1S/C11H13FN2O3/c1-3-14(2)11(17)13-9-5-4-7(10(15)16)6-8(9)12/h4-6H,3H2,1-2H3,(H,13,17)(H,15,16). The van der Waals surface area contributed by atoms with Crippen LogP contribution in [-0.4, -0.2) is 35.6 Å². The van der Waals surface area contributed by atoms with Crippen LogP contribution in [0.2, 0.25) is 0 Å². The zero-order valence-corrected chi connectivity index (χ0v) is 9.53. The molecular weight excluding hydrogens is 227 g/mol. The number of hydrogen-bond donors (Lipinski definition) is 2. The molecule has 1 aromatic rings. The summed E-state index contributed by atoms with van der Waals surface area (Å²) in [5.41, 5.74) is -0.204. The van der Waals surface area contributed by atoms with Gasteiger partial charge in [-0.15, -0.1) is 0 Å². The molecule has 0 heterocycles. The number of aromatic carboxylic acids is 1. The van der Waals surface area contributed by atoms with Gasteiger partial charge < -0.3 is 15.3 Å². The van der Waals surface area contributed by atoms with Crippen LogP contribution in [0.3, 0.4) is 0 Å². The Balaban J connectivity index is 2.86. The molecule has 92 valence electrons. The van der Waals surface area contributed by atoms with Crippen LogP contribution in [0.5, 0.6) is 0 Å². The second-order valence-electron chi connectivity index (χ2n) is 3.44. The maximum absolute atomic E-state index is 13.4. The number of carbonyl (C=O) groups excluding carboxylic acids is 1. The smallest absolute Gasteiger partial charge is 0.335 e. The quantitative estimate of drug-likeness (QED) is 0.849.